The Morgan fingerprint density at radius 2 is 1.54 bits per heavy atom. The maximum absolute atomic E-state index is 10.0. The van der Waals surface area contributed by atoms with Gasteiger partial charge in [-0.05, 0) is 49.9 Å². The van der Waals surface area contributed by atoms with Crippen LogP contribution in [0.15, 0.2) is 67.3 Å². The van der Waals surface area contributed by atoms with Gasteiger partial charge in [0.25, 0.3) is 0 Å². The molecule has 0 amide bonds. The summed E-state index contributed by atoms with van der Waals surface area (Å²) in [5.41, 5.74) is 1.90. The first kappa shape index (κ1) is 25.9. The number of phenols is 1. The summed E-state index contributed by atoms with van der Waals surface area (Å²) in [6.45, 7) is 14.2. The molecule has 0 aliphatic heterocycles. The maximum Gasteiger partial charge on any atom is 0.150 e. The number of aryl methyl sites for hydroxylation is 1. The molecule has 26 heavy (non-hydrogen) atoms. The van der Waals surface area contributed by atoms with Crippen LogP contribution >= 0.6 is 0 Å². The van der Waals surface area contributed by atoms with Gasteiger partial charge in [-0.2, -0.15) is 0 Å². The van der Waals surface area contributed by atoms with E-state index < -0.39 is 0 Å². The summed E-state index contributed by atoms with van der Waals surface area (Å²) in [5, 5.41) is 8.74. The molecular formula is C24H36O2. The van der Waals surface area contributed by atoms with Gasteiger partial charge in [0.05, 0.1) is 0 Å². The van der Waals surface area contributed by atoms with Crippen LogP contribution in [-0.4, -0.2) is 11.4 Å². The Morgan fingerprint density at radius 3 is 1.88 bits per heavy atom. The second-order valence-corrected chi connectivity index (χ2v) is 5.98. The highest BCUT2D eigenvalue weighted by Gasteiger charge is 1.89. The van der Waals surface area contributed by atoms with E-state index in [0.29, 0.717) is 5.56 Å². The van der Waals surface area contributed by atoms with Crippen molar-refractivity contribution in [3.05, 3.63) is 78.4 Å². The number of unbranched alkanes of at least 4 members (excludes halogenated alkanes) is 1. The molecule has 0 aromatic heterocycles. The second-order valence-electron chi connectivity index (χ2n) is 5.98. The van der Waals surface area contributed by atoms with E-state index in [1.165, 1.54) is 37.0 Å². The van der Waals surface area contributed by atoms with Crippen molar-refractivity contribution >= 4 is 6.29 Å². The zero-order chi connectivity index (χ0) is 20.2. The number of hydrogen-bond acceptors (Lipinski definition) is 2. The third-order valence-corrected chi connectivity index (χ3v) is 3.16. The highest BCUT2D eigenvalue weighted by molar-refractivity contribution is 5.74. The lowest BCUT2D eigenvalue weighted by Gasteiger charge is -1.99. The lowest BCUT2D eigenvalue weighted by molar-refractivity contribution is 0.112. The van der Waals surface area contributed by atoms with Crippen LogP contribution in [0.5, 0.6) is 5.75 Å². The molecule has 0 saturated heterocycles. The van der Waals surface area contributed by atoms with E-state index in [1.54, 1.807) is 12.1 Å². The van der Waals surface area contributed by atoms with Gasteiger partial charge >= 0.3 is 0 Å². The van der Waals surface area contributed by atoms with Crippen LogP contribution in [0.4, 0.5) is 0 Å². The predicted octanol–water partition coefficient (Wildman–Crippen LogP) is 7.22. The maximum atomic E-state index is 10.0. The van der Waals surface area contributed by atoms with Gasteiger partial charge in [-0.3, -0.25) is 4.79 Å². The Morgan fingerprint density at radius 1 is 1.00 bits per heavy atom. The summed E-state index contributed by atoms with van der Waals surface area (Å²) in [5.74, 6) is 1.04. The Balaban J connectivity index is 0. The fourth-order valence-electron chi connectivity index (χ4n) is 1.76. The van der Waals surface area contributed by atoms with Crippen molar-refractivity contribution in [2.45, 2.75) is 53.9 Å². The molecule has 2 heteroatoms. The predicted molar refractivity (Wildman–Crippen MR) is 115 cm³/mol. The summed E-state index contributed by atoms with van der Waals surface area (Å²) in [6.07, 6.45) is 6.55. The zero-order valence-corrected chi connectivity index (χ0v) is 17.1. The van der Waals surface area contributed by atoms with Gasteiger partial charge in [-0.25, -0.2) is 0 Å². The Hall–Kier alpha value is -2.35. The van der Waals surface area contributed by atoms with E-state index in [2.05, 4.69) is 39.5 Å². The van der Waals surface area contributed by atoms with E-state index >= 15 is 0 Å². The van der Waals surface area contributed by atoms with Crippen molar-refractivity contribution < 1.29 is 9.90 Å². The van der Waals surface area contributed by atoms with Crippen LogP contribution < -0.4 is 0 Å². The molecular weight excluding hydrogens is 320 g/mol. The molecule has 0 aliphatic carbocycles. The Labute approximate surface area is 160 Å². The minimum Gasteiger partial charge on any atom is -0.508 e. The van der Waals surface area contributed by atoms with Gasteiger partial charge in [-0.1, -0.05) is 76.1 Å². The first-order chi connectivity index (χ1) is 12.5. The summed E-state index contributed by atoms with van der Waals surface area (Å²) in [6, 6.07) is 16.3. The van der Waals surface area contributed by atoms with Gasteiger partial charge < -0.3 is 5.11 Å². The molecule has 1 N–H and O–H groups in total. The molecule has 2 rings (SSSR count). The van der Waals surface area contributed by atoms with Crippen LogP contribution in [0.3, 0.4) is 0 Å². The van der Waals surface area contributed by atoms with Crippen molar-refractivity contribution in [3.8, 4) is 5.75 Å². The van der Waals surface area contributed by atoms with Crippen molar-refractivity contribution in [2.24, 2.45) is 5.92 Å². The molecule has 0 fully saturated rings. The molecule has 0 radical (unpaired) electrons. The summed E-state index contributed by atoms with van der Waals surface area (Å²) >= 11 is 0. The molecule has 2 aromatic carbocycles. The molecule has 0 aliphatic rings. The Kier molecular flexibility index (Phi) is 18.9. The molecule has 0 atom stereocenters. The van der Waals surface area contributed by atoms with E-state index in [9.17, 15) is 4.79 Å². The molecule has 0 spiro atoms. The number of carbonyl (C=O) groups is 1. The lowest BCUT2D eigenvalue weighted by atomic mass is 10.1. The van der Waals surface area contributed by atoms with E-state index in [1.807, 2.05) is 38.1 Å². The Bertz CT molecular complexity index is 542. The normalized spacial score (nSPS) is 8.69. The average Bonchev–Trinajstić information content (AvgIpc) is 2.66. The number of rotatable bonds is 5. The van der Waals surface area contributed by atoms with Crippen molar-refractivity contribution in [1.82, 2.24) is 0 Å². The zero-order valence-electron chi connectivity index (χ0n) is 17.1. The van der Waals surface area contributed by atoms with Crippen LogP contribution in [0.25, 0.3) is 0 Å². The molecule has 2 nitrogen and oxygen atoms in total. The standard InChI is InChI=1S/C8H16.C7H6O2.C7H8.C2H6/c1-4-5-6-7-8(2)3;8-5-6-1-3-7(9)4-2-6;1-7-5-3-2-4-6-7;1-2/h4,8H,1,5-7H2,2-3H3;1-5,9H;2-6H,1H3;1-2H3. The quantitative estimate of drug-likeness (QED) is 0.349. The van der Waals surface area contributed by atoms with Crippen molar-refractivity contribution in [3.63, 3.8) is 0 Å². The number of carbonyl (C=O) groups excluding carboxylic acids is 1. The van der Waals surface area contributed by atoms with Gasteiger partial charge in [0.1, 0.15) is 12.0 Å². The SMILES string of the molecule is C=CCCCC(C)C.CC.Cc1ccccc1.O=Cc1ccc(O)cc1. The smallest absolute Gasteiger partial charge is 0.150 e. The minimum atomic E-state index is 0.181. The average molecular weight is 357 g/mol. The first-order valence-corrected chi connectivity index (χ1v) is 9.36. The third-order valence-electron chi connectivity index (χ3n) is 3.16. The minimum absolute atomic E-state index is 0.181. The molecule has 2 aromatic rings. The van der Waals surface area contributed by atoms with Crippen LogP contribution in [-0.2, 0) is 0 Å². The summed E-state index contributed by atoms with van der Waals surface area (Å²) in [4.78, 5) is 10.0. The fourth-order valence-corrected chi connectivity index (χ4v) is 1.76. The number of allylic oxidation sites excluding steroid dienone is 1. The monoisotopic (exact) mass is 356 g/mol. The van der Waals surface area contributed by atoms with E-state index in [-0.39, 0.29) is 5.75 Å². The number of hydrogen-bond donors (Lipinski definition) is 1. The van der Waals surface area contributed by atoms with Gasteiger partial charge in [0.15, 0.2) is 0 Å². The largest absolute Gasteiger partial charge is 0.508 e. The molecule has 144 valence electrons. The number of phenolic OH excluding ortho intramolecular Hbond substituents is 1. The van der Waals surface area contributed by atoms with Gasteiger partial charge in [-0.15, -0.1) is 6.58 Å². The summed E-state index contributed by atoms with van der Waals surface area (Å²) in [7, 11) is 0. The van der Waals surface area contributed by atoms with Gasteiger partial charge in [0.2, 0.25) is 0 Å². The van der Waals surface area contributed by atoms with Crippen molar-refractivity contribution in [1.29, 1.82) is 0 Å². The number of benzene rings is 2. The van der Waals surface area contributed by atoms with Crippen LogP contribution in [0.2, 0.25) is 0 Å². The number of aromatic hydroxyl groups is 1. The van der Waals surface area contributed by atoms with Gasteiger partial charge in [0, 0.05) is 5.56 Å². The lowest BCUT2D eigenvalue weighted by Crippen LogP contribution is -1.84. The van der Waals surface area contributed by atoms with Crippen LogP contribution in [0.1, 0.15) is 62.9 Å². The third kappa shape index (κ3) is 18.0. The molecule has 0 unspecified atom stereocenters. The molecule has 0 heterocycles. The second kappa shape index (κ2) is 19.0. The topological polar surface area (TPSA) is 37.3 Å². The number of aldehydes is 1. The highest BCUT2D eigenvalue weighted by Crippen LogP contribution is 2.07. The van der Waals surface area contributed by atoms with E-state index in [0.717, 1.165) is 12.2 Å². The highest BCUT2D eigenvalue weighted by atomic mass is 16.3. The van der Waals surface area contributed by atoms with E-state index in [4.69, 9.17) is 5.11 Å². The summed E-state index contributed by atoms with van der Waals surface area (Å²) < 4.78 is 0. The molecule has 0 saturated carbocycles. The first-order valence-electron chi connectivity index (χ1n) is 9.36. The molecule has 0 bridgehead atoms. The van der Waals surface area contributed by atoms with Crippen LogP contribution in [0, 0.1) is 12.8 Å². The van der Waals surface area contributed by atoms with Crippen molar-refractivity contribution in [2.75, 3.05) is 0 Å². The fraction of sp³-hybridized carbons (Fsp3) is 0.375.